The molecule has 3 rings (SSSR count). The van der Waals surface area contributed by atoms with E-state index in [9.17, 15) is 14.4 Å². The van der Waals surface area contributed by atoms with Crippen LogP contribution in [0.3, 0.4) is 0 Å². The number of carbonyl (C=O) groups is 3. The maximum Gasteiger partial charge on any atom is 0.262 e. The standard InChI is InChI=1S/C22H30N2O7/c1-2-19(24-20(25)17-5-3-4-6-18(17)21(24)26)22(27)23-7-9-28-11-13-30-15-16-31-14-12-29-10-8-23/h3-6,19H,2,7-16H2,1H3. The summed E-state index contributed by atoms with van der Waals surface area (Å²) in [5.41, 5.74) is 0.671. The lowest BCUT2D eigenvalue weighted by molar-refractivity contribution is -0.137. The van der Waals surface area contributed by atoms with E-state index < -0.39 is 17.9 Å². The van der Waals surface area contributed by atoms with Crippen molar-refractivity contribution < 1.29 is 33.3 Å². The van der Waals surface area contributed by atoms with Crippen LogP contribution in [0, 0.1) is 0 Å². The molecule has 1 fully saturated rings. The summed E-state index contributed by atoms with van der Waals surface area (Å²) in [4.78, 5) is 41.8. The Morgan fingerprint density at radius 3 is 1.65 bits per heavy atom. The van der Waals surface area contributed by atoms with Crippen molar-refractivity contribution in [3.05, 3.63) is 35.4 Å². The summed E-state index contributed by atoms with van der Waals surface area (Å²) >= 11 is 0. The monoisotopic (exact) mass is 434 g/mol. The number of imide groups is 1. The van der Waals surface area contributed by atoms with Crippen molar-refractivity contribution in [2.24, 2.45) is 0 Å². The van der Waals surface area contributed by atoms with E-state index in [1.54, 1.807) is 36.1 Å². The molecule has 0 saturated carbocycles. The van der Waals surface area contributed by atoms with Crippen molar-refractivity contribution in [2.75, 3.05) is 65.9 Å². The third-order valence-corrected chi connectivity index (χ3v) is 5.25. The molecule has 0 N–H and O–H groups in total. The highest BCUT2D eigenvalue weighted by Gasteiger charge is 2.42. The Bertz CT molecular complexity index is 719. The van der Waals surface area contributed by atoms with Crippen molar-refractivity contribution in [3.63, 3.8) is 0 Å². The normalized spacial score (nSPS) is 20.7. The van der Waals surface area contributed by atoms with Gasteiger partial charge in [-0.05, 0) is 18.6 Å². The third kappa shape index (κ3) is 5.88. The molecule has 1 aromatic carbocycles. The van der Waals surface area contributed by atoms with Gasteiger partial charge >= 0.3 is 0 Å². The van der Waals surface area contributed by atoms with Crippen LogP contribution in [-0.2, 0) is 23.7 Å². The molecule has 2 heterocycles. The second-order valence-electron chi connectivity index (χ2n) is 7.22. The van der Waals surface area contributed by atoms with Crippen LogP contribution < -0.4 is 0 Å². The van der Waals surface area contributed by atoms with E-state index in [0.29, 0.717) is 83.5 Å². The van der Waals surface area contributed by atoms with E-state index in [-0.39, 0.29) is 5.91 Å². The second kappa shape index (κ2) is 11.9. The number of hydrogen-bond donors (Lipinski definition) is 0. The molecular weight excluding hydrogens is 404 g/mol. The highest BCUT2D eigenvalue weighted by molar-refractivity contribution is 6.22. The Morgan fingerprint density at radius 2 is 1.23 bits per heavy atom. The maximum atomic E-state index is 13.4. The van der Waals surface area contributed by atoms with Crippen LogP contribution in [0.15, 0.2) is 24.3 Å². The van der Waals surface area contributed by atoms with Gasteiger partial charge in [0.15, 0.2) is 0 Å². The van der Waals surface area contributed by atoms with Gasteiger partial charge < -0.3 is 23.8 Å². The highest BCUT2D eigenvalue weighted by atomic mass is 16.6. The van der Waals surface area contributed by atoms with Gasteiger partial charge in [-0.25, -0.2) is 0 Å². The molecule has 1 aromatic rings. The van der Waals surface area contributed by atoms with E-state index in [0.717, 1.165) is 4.90 Å². The summed E-state index contributed by atoms with van der Waals surface area (Å²) in [5.74, 6) is -1.15. The van der Waals surface area contributed by atoms with Crippen LogP contribution in [0.2, 0.25) is 0 Å². The average molecular weight is 434 g/mol. The van der Waals surface area contributed by atoms with Gasteiger partial charge in [0, 0.05) is 13.1 Å². The molecular formula is C22H30N2O7. The lowest BCUT2D eigenvalue weighted by atomic mass is 10.1. The number of nitrogens with zero attached hydrogens (tertiary/aromatic N) is 2. The smallest absolute Gasteiger partial charge is 0.262 e. The molecule has 1 unspecified atom stereocenters. The van der Waals surface area contributed by atoms with Crippen LogP contribution in [0.1, 0.15) is 34.1 Å². The fourth-order valence-electron chi connectivity index (χ4n) is 3.61. The number of carbonyl (C=O) groups excluding carboxylic acids is 3. The van der Waals surface area contributed by atoms with E-state index >= 15 is 0 Å². The van der Waals surface area contributed by atoms with E-state index in [4.69, 9.17) is 18.9 Å². The number of ether oxygens (including phenoxy) is 4. The van der Waals surface area contributed by atoms with Gasteiger partial charge in [0.2, 0.25) is 5.91 Å². The van der Waals surface area contributed by atoms with Crippen molar-refractivity contribution in [1.29, 1.82) is 0 Å². The first-order chi connectivity index (χ1) is 15.1. The Kier molecular flexibility index (Phi) is 8.96. The first kappa shape index (κ1) is 23.3. The van der Waals surface area contributed by atoms with Crippen molar-refractivity contribution in [1.82, 2.24) is 9.80 Å². The molecule has 0 bridgehead atoms. The average Bonchev–Trinajstić information content (AvgIpc) is 3.02. The van der Waals surface area contributed by atoms with Crippen molar-refractivity contribution in [2.45, 2.75) is 19.4 Å². The summed E-state index contributed by atoms with van der Waals surface area (Å²) in [6, 6.07) is 5.77. The molecule has 31 heavy (non-hydrogen) atoms. The first-order valence-corrected chi connectivity index (χ1v) is 10.7. The molecule has 9 nitrogen and oxygen atoms in total. The van der Waals surface area contributed by atoms with Gasteiger partial charge in [-0.1, -0.05) is 19.1 Å². The zero-order valence-electron chi connectivity index (χ0n) is 17.9. The fraction of sp³-hybridized carbons (Fsp3) is 0.591. The predicted molar refractivity (Wildman–Crippen MR) is 111 cm³/mol. The molecule has 0 radical (unpaired) electrons. The second-order valence-corrected chi connectivity index (χ2v) is 7.22. The van der Waals surface area contributed by atoms with Gasteiger partial charge in [-0.15, -0.1) is 0 Å². The number of rotatable bonds is 3. The molecule has 2 aliphatic rings. The minimum Gasteiger partial charge on any atom is -0.377 e. The summed E-state index contributed by atoms with van der Waals surface area (Å²) in [6.45, 7) is 5.80. The summed E-state index contributed by atoms with van der Waals surface area (Å²) in [5, 5.41) is 0. The molecule has 0 spiro atoms. The van der Waals surface area contributed by atoms with Gasteiger partial charge in [-0.3, -0.25) is 19.3 Å². The molecule has 0 aromatic heterocycles. The van der Waals surface area contributed by atoms with Crippen LogP contribution in [-0.4, -0.2) is 99.5 Å². The van der Waals surface area contributed by atoms with Crippen LogP contribution >= 0.6 is 0 Å². The first-order valence-electron chi connectivity index (χ1n) is 10.7. The quantitative estimate of drug-likeness (QED) is 0.655. The summed E-state index contributed by atoms with van der Waals surface area (Å²) in [7, 11) is 0. The van der Waals surface area contributed by atoms with E-state index in [1.807, 2.05) is 0 Å². The number of benzene rings is 1. The molecule has 1 atom stereocenters. The minimum absolute atomic E-state index is 0.291. The van der Waals surface area contributed by atoms with Crippen molar-refractivity contribution in [3.8, 4) is 0 Å². The Morgan fingerprint density at radius 1 is 0.806 bits per heavy atom. The lowest BCUT2D eigenvalue weighted by Crippen LogP contribution is -2.52. The summed E-state index contributed by atoms with van der Waals surface area (Å²) < 4.78 is 22.0. The van der Waals surface area contributed by atoms with Crippen LogP contribution in [0.5, 0.6) is 0 Å². The van der Waals surface area contributed by atoms with E-state index in [1.165, 1.54) is 0 Å². The maximum absolute atomic E-state index is 13.4. The van der Waals surface area contributed by atoms with Gasteiger partial charge in [0.05, 0.1) is 64.0 Å². The molecule has 170 valence electrons. The van der Waals surface area contributed by atoms with Gasteiger partial charge in [-0.2, -0.15) is 0 Å². The SMILES string of the molecule is CCC(C(=O)N1CCOCCOCCOCCOCC1)N1C(=O)c2ccccc2C1=O. The molecule has 0 aliphatic carbocycles. The topological polar surface area (TPSA) is 94.6 Å². The Labute approximate surface area is 182 Å². The van der Waals surface area contributed by atoms with Gasteiger partial charge in [0.25, 0.3) is 11.8 Å². The Hall–Kier alpha value is -2.33. The third-order valence-electron chi connectivity index (χ3n) is 5.25. The Balaban J connectivity index is 1.68. The molecule has 3 amide bonds. The number of amides is 3. The zero-order chi connectivity index (χ0) is 22.1. The van der Waals surface area contributed by atoms with Crippen LogP contribution in [0.25, 0.3) is 0 Å². The van der Waals surface area contributed by atoms with Crippen molar-refractivity contribution >= 4 is 17.7 Å². The molecule has 9 heteroatoms. The zero-order valence-corrected chi connectivity index (χ0v) is 17.9. The summed E-state index contributed by atoms with van der Waals surface area (Å²) in [6.07, 6.45) is 0.324. The number of hydrogen-bond acceptors (Lipinski definition) is 7. The highest BCUT2D eigenvalue weighted by Crippen LogP contribution is 2.26. The molecule has 2 aliphatic heterocycles. The van der Waals surface area contributed by atoms with E-state index in [2.05, 4.69) is 0 Å². The number of fused-ring (bicyclic) bond motifs is 1. The largest absolute Gasteiger partial charge is 0.377 e. The lowest BCUT2D eigenvalue weighted by Gasteiger charge is -2.31. The molecule has 1 saturated heterocycles. The minimum atomic E-state index is -0.874. The van der Waals surface area contributed by atoms with Crippen LogP contribution in [0.4, 0.5) is 0 Å². The predicted octanol–water partition coefficient (Wildman–Crippen LogP) is 0.970. The fourth-order valence-corrected chi connectivity index (χ4v) is 3.61. The van der Waals surface area contributed by atoms with Gasteiger partial charge in [0.1, 0.15) is 6.04 Å².